The van der Waals surface area contributed by atoms with Gasteiger partial charge in [0.05, 0.1) is 0 Å². The van der Waals surface area contributed by atoms with Crippen molar-refractivity contribution in [3.8, 4) is 0 Å². The third-order valence-corrected chi connectivity index (χ3v) is 3.76. The van der Waals surface area contributed by atoms with E-state index < -0.39 is 0 Å². The van der Waals surface area contributed by atoms with Crippen LogP contribution in [0.3, 0.4) is 0 Å². The molecule has 0 aliphatic carbocycles. The van der Waals surface area contributed by atoms with Gasteiger partial charge in [-0.2, -0.15) is 11.3 Å². The Labute approximate surface area is 103 Å². The van der Waals surface area contributed by atoms with Crippen LogP contribution in [-0.4, -0.2) is 13.1 Å². The molecule has 1 aromatic rings. The monoisotopic (exact) mass is 240 g/mol. The highest BCUT2D eigenvalue weighted by Crippen LogP contribution is 2.14. The van der Waals surface area contributed by atoms with Crippen molar-refractivity contribution in [3.05, 3.63) is 21.9 Å². The molecule has 0 fully saturated rings. The van der Waals surface area contributed by atoms with Crippen molar-refractivity contribution in [3.63, 3.8) is 0 Å². The quantitative estimate of drug-likeness (QED) is 0.769. The van der Waals surface area contributed by atoms with Gasteiger partial charge in [0.1, 0.15) is 0 Å². The second kappa shape index (κ2) is 7.05. The Hall–Kier alpha value is -0.380. The maximum Gasteiger partial charge on any atom is 0.0216 e. The SMILES string of the molecule is Cc1cscc1CNCC(CN)CC(C)C. The lowest BCUT2D eigenvalue weighted by atomic mass is 9.97. The lowest BCUT2D eigenvalue weighted by Gasteiger charge is -2.17. The normalized spacial score (nSPS) is 13.3. The van der Waals surface area contributed by atoms with E-state index in [2.05, 4.69) is 36.8 Å². The molecule has 0 aliphatic heterocycles. The molecule has 0 bridgehead atoms. The molecule has 0 radical (unpaired) electrons. The van der Waals surface area contributed by atoms with Gasteiger partial charge in [-0.05, 0) is 60.2 Å². The number of thiophene rings is 1. The van der Waals surface area contributed by atoms with Crippen molar-refractivity contribution >= 4 is 11.3 Å². The number of hydrogen-bond acceptors (Lipinski definition) is 3. The van der Waals surface area contributed by atoms with Crippen LogP contribution in [0, 0.1) is 18.8 Å². The summed E-state index contributed by atoms with van der Waals surface area (Å²) in [7, 11) is 0. The van der Waals surface area contributed by atoms with Crippen LogP contribution in [0.1, 0.15) is 31.4 Å². The first-order chi connectivity index (χ1) is 7.63. The summed E-state index contributed by atoms with van der Waals surface area (Å²) in [6.07, 6.45) is 1.21. The summed E-state index contributed by atoms with van der Waals surface area (Å²) in [5.41, 5.74) is 8.59. The molecule has 1 atom stereocenters. The molecular formula is C13H24N2S. The highest BCUT2D eigenvalue weighted by atomic mass is 32.1. The van der Waals surface area contributed by atoms with E-state index in [0.29, 0.717) is 5.92 Å². The van der Waals surface area contributed by atoms with Crippen molar-refractivity contribution < 1.29 is 0 Å². The van der Waals surface area contributed by atoms with Crippen molar-refractivity contribution in [2.75, 3.05) is 13.1 Å². The minimum atomic E-state index is 0.610. The summed E-state index contributed by atoms with van der Waals surface area (Å²) in [4.78, 5) is 0. The summed E-state index contributed by atoms with van der Waals surface area (Å²) in [6.45, 7) is 9.47. The number of hydrogen-bond donors (Lipinski definition) is 2. The van der Waals surface area contributed by atoms with Crippen molar-refractivity contribution in [2.24, 2.45) is 17.6 Å². The maximum absolute atomic E-state index is 5.77. The van der Waals surface area contributed by atoms with E-state index in [4.69, 9.17) is 5.73 Å². The van der Waals surface area contributed by atoms with E-state index in [1.54, 1.807) is 11.3 Å². The topological polar surface area (TPSA) is 38.0 Å². The van der Waals surface area contributed by atoms with Crippen molar-refractivity contribution in [2.45, 2.75) is 33.7 Å². The van der Waals surface area contributed by atoms with Gasteiger partial charge < -0.3 is 11.1 Å². The predicted molar refractivity (Wildman–Crippen MR) is 72.8 cm³/mol. The zero-order chi connectivity index (χ0) is 12.0. The molecule has 1 aromatic heterocycles. The first-order valence-electron chi connectivity index (χ1n) is 6.06. The van der Waals surface area contributed by atoms with Crippen LogP contribution in [0.25, 0.3) is 0 Å². The molecule has 3 N–H and O–H groups in total. The Bertz CT molecular complexity index is 294. The Kier molecular flexibility index (Phi) is 6.03. The van der Waals surface area contributed by atoms with Crippen LogP contribution in [0.15, 0.2) is 10.8 Å². The average molecular weight is 240 g/mol. The fourth-order valence-electron chi connectivity index (χ4n) is 1.91. The van der Waals surface area contributed by atoms with Crippen LogP contribution in [0.2, 0.25) is 0 Å². The van der Waals surface area contributed by atoms with E-state index in [0.717, 1.165) is 25.6 Å². The minimum absolute atomic E-state index is 0.610. The molecule has 2 nitrogen and oxygen atoms in total. The van der Waals surface area contributed by atoms with Gasteiger partial charge >= 0.3 is 0 Å². The van der Waals surface area contributed by atoms with E-state index in [1.807, 2.05) is 0 Å². The fourth-order valence-corrected chi connectivity index (χ4v) is 2.77. The molecule has 0 spiro atoms. The molecule has 0 saturated heterocycles. The standard InChI is InChI=1S/C13H24N2S/c1-10(2)4-12(5-14)6-15-7-13-9-16-8-11(13)3/h8-10,12,15H,4-7,14H2,1-3H3. The van der Waals surface area contributed by atoms with Gasteiger partial charge in [0.25, 0.3) is 0 Å². The molecule has 0 aliphatic rings. The molecule has 3 heteroatoms. The molecule has 0 aromatic carbocycles. The van der Waals surface area contributed by atoms with Crippen LogP contribution < -0.4 is 11.1 Å². The fraction of sp³-hybridized carbons (Fsp3) is 0.692. The first kappa shape index (κ1) is 13.7. The molecule has 92 valence electrons. The van der Waals surface area contributed by atoms with E-state index in [9.17, 15) is 0 Å². The van der Waals surface area contributed by atoms with Crippen molar-refractivity contribution in [1.29, 1.82) is 0 Å². The number of nitrogens with one attached hydrogen (secondary N) is 1. The number of aryl methyl sites for hydroxylation is 1. The zero-order valence-corrected chi connectivity index (χ0v) is 11.4. The highest BCUT2D eigenvalue weighted by molar-refractivity contribution is 7.08. The second-order valence-corrected chi connectivity index (χ2v) is 5.69. The Morgan fingerprint density at radius 2 is 2.12 bits per heavy atom. The van der Waals surface area contributed by atoms with Gasteiger partial charge in [-0.15, -0.1) is 0 Å². The van der Waals surface area contributed by atoms with Crippen LogP contribution in [0.4, 0.5) is 0 Å². The second-order valence-electron chi connectivity index (χ2n) is 4.94. The summed E-state index contributed by atoms with van der Waals surface area (Å²) in [6, 6.07) is 0. The molecule has 1 heterocycles. The zero-order valence-electron chi connectivity index (χ0n) is 10.6. The lowest BCUT2D eigenvalue weighted by molar-refractivity contribution is 0.394. The molecular weight excluding hydrogens is 216 g/mol. The van der Waals surface area contributed by atoms with E-state index >= 15 is 0 Å². The molecule has 0 saturated carbocycles. The lowest BCUT2D eigenvalue weighted by Crippen LogP contribution is -2.29. The van der Waals surface area contributed by atoms with Gasteiger partial charge in [0.2, 0.25) is 0 Å². The summed E-state index contributed by atoms with van der Waals surface area (Å²) >= 11 is 1.78. The largest absolute Gasteiger partial charge is 0.330 e. The molecule has 0 amide bonds. The van der Waals surface area contributed by atoms with Gasteiger partial charge in [-0.3, -0.25) is 0 Å². The third kappa shape index (κ3) is 4.64. The summed E-state index contributed by atoms with van der Waals surface area (Å²) < 4.78 is 0. The molecule has 16 heavy (non-hydrogen) atoms. The number of rotatable bonds is 7. The third-order valence-electron chi connectivity index (χ3n) is 2.85. The first-order valence-corrected chi connectivity index (χ1v) is 7.00. The molecule has 1 rings (SSSR count). The van der Waals surface area contributed by atoms with Crippen molar-refractivity contribution in [1.82, 2.24) is 5.32 Å². The summed E-state index contributed by atoms with van der Waals surface area (Å²) in [5.74, 6) is 1.34. The van der Waals surface area contributed by atoms with E-state index in [1.165, 1.54) is 17.5 Å². The predicted octanol–water partition coefficient (Wildman–Crippen LogP) is 2.77. The van der Waals surface area contributed by atoms with Gasteiger partial charge in [0, 0.05) is 6.54 Å². The maximum atomic E-state index is 5.77. The van der Waals surface area contributed by atoms with Crippen LogP contribution >= 0.6 is 11.3 Å². The van der Waals surface area contributed by atoms with Gasteiger partial charge in [-0.25, -0.2) is 0 Å². The smallest absolute Gasteiger partial charge is 0.0216 e. The Morgan fingerprint density at radius 1 is 1.38 bits per heavy atom. The Morgan fingerprint density at radius 3 is 2.62 bits per heavy atom. The number of nitrogens with two attached hydrogens (primary N) is 1. The Balaban J connectivity index is 2.26. The minimum Gasteiger partial charge on any atom is -0.330 e. The van der Waals surface area contributed by atoms with E-state index in [-0.39, 0.29) is 0 Å². The summed E-state index contributed by atoms with van der Waals surface area (Å²) in [5, 5.41) is 7.94. The van der Waals surface area contributed by atoms with Gasteiger partial charge in [0.15, 0.2) is 0 Å². The molecule has 1 unspecified atom stereocenters. The van der Waals surface area contributed by atoms with Crippen LogP contribution in [0.5, 0.6) is 0 Å². The van der Waals surface area contributed by atoms with Gasteiger partial charge in [-0.1, -0.05) is 13.8 Å². The average Bonchev–Trinajstić information content (AvgIpc) is 2.62. The van der Waals surface area contributed by atoms with Crippen LogP contribution in [-0.2, 0) is 6.54 Å². The highest BCUT2D eigenvalue weighted by Gasteiger charge is 2.08.